The second-order valence-electron chi connectivity index (χ2n) is 6.12. The van der Waals surface area contributed by atoms with E-state index in [0.717, 1.165) is 30.5 Å². The fraction of sp³-hybridized carbons (Fsp3) is 0.412. The molecule has 0 spiro atoms. The summed E-state index contributed by atoms with van der Waals surface area (Å²) < 4.78 is 0. The molecule has 1 aliphatic carbocycles. The van der Waals surface area contributed by atoms with Crippen molar-refractivity contribution in [3.05, 3.63) is 47.7 Å². The molecule has 0 saturated heterocycles. The van der Waals surface area contributed by atoms with Gasteiger partial charge in [-0.2, -0.15) is 5.10 Å². The molecule has 110 valence electrons. The molecule has 1 aliphatic rings. The van der Waals surface area contributed by atoms with E-state index in [-0.39, 0.29) is 11.3 Å². The lowest BCUT2D eigenvalue weighted by Crippen LogP contribution is -2.46. The summed E-state index contributed by atoms with van der Waals surface area (Å²) in [5.74, 6) is 1.04. The van der Waals surface area contributed by atoms with Crippen molar-refractivity contribution >= 4 is 11.7 Å². The summed E-state index contributed by atoms with van der Waals surface area (Å²) in [5, 5.41) is 10.1. The van der Waals surface area contributed by atoms with Gasteiger partial charge < -0.3 is 5.32 Å². The molecule has 0 atom stereocenters. The smallest absolute Gasteiger partial charge is 0.236 e. The molecule has 1 saturated carbocycles. The summed E-state index contributed by atoms with van der Waals surface area (Å²) in [5.41, 5.74) is 1.76. The van der Waals surface area contributed by atoms with Gasteiger partial charge in [-0.25, -0.2) is 0 Å². The van der Waals surface area contributed by atoms with Crippen LogP contribution in [-0.4, -0.2) is 16.1 Å². The third-order valence-electron chi connectivity index (χ3n) is 4.43. The first-order valence-corrected chi connectivity index (χ1v) is 7.54. The number of hydrogen-bond donors (Lipinski definition) is 2. The number of aromatic amines is 1. The van der Waals surface area contributed by atoms with Crippen LogP contribution in [0, 0.1) is 0 Å². The summed E-state index contributed by atoms with van der Waals surface area (Å²) in [7, 11) is 0. The van der Waals surface area contributed by atoms with Gasteiger partial charge in [-0.15, -0.1) is 0 Å². The SMILES string of the molecule is CC(C)c1cc(NC(=O)C2(c3ccccc3)CCC2)n[nH]1. The quantitative estimate of drug-likeness (QED) is 0.900. The highest BCUT2D eigenvalue weighted by Crippen LogP contribution is 2.44. The summed E-state index contributed by atoms with van der Waals surface area (Å²) in [6, 6.07) is 12.0. The van der Waals surface area contributed by atoms with Crippen molar-refractivity contribution in [2.75, 3.05) is 5.32 Å². The highest BCUT2D eigenvalue weighted by atomic mass is 16.2. The number of carbonyl (C=O) groups is 1. The predicted octanol–water partition coefficient (Wildman–Crippen LogP) is 3.59. The Morgan fingerprint density at radius 2 is 2.00 bits per heavy atom. The zero-order valence-electron chi connectivity index (χ0n) is 12.5. The molecule has 1 aromatic carbocycles. The van der Waals surface area contributed by atoms with Crippen molar-refractivity contribution in [1.82, 2.24) is 10.2 Å². The minimum absolute atomic E-state index is 0.0572. The molecular weight excluding hydrogens is 262 g/mol. The molecule has 0 aliphatic heterocycles. The van der Waals surface area contributed by atoms with Crippen LogP contribution in [0.15, 0.2) is 36.4 Å². The second kappa shape index (κ2) is 5.35. The van der Waals surface area contributed by atoms with Gasteiger partial charge in [-0.3, -0.25) is 9.89 Å². The molecule has 1 heterocycles. The lowest BCUT2D eigenvalue weighted by molar-refractivity contribution is -0.124. The Kier molecular flexibility index (Phi) is 3.53. The maximum Gasteiger partial charge on any atom is 0.236 e. The van der Waals surface area contributed by atoms with E-state index in [0.29, 0.717) is 11.7 Å². The van der Waals surface area contributed by atoms with Crippen LogP contribution < -0.4 is 5.32 Å². The van der Waals surface area contributed by atoms with E-state index in [1.54, 1.807) is 0 Å². The summed E-state index contributed by atoms with van der Waals surface area (Å²) >= 11 is 0. The van der Waals surface area contributed by atoms with E-state index in [2.05, 4.69) is 29.4 Å². The number of nitrogens with zero attached hydrogens (tertiary/aromatic N) is 1. The number of carbonyl (C=O) groups excluding carboxylic acids is 1. The minimum Gasteiger partial charge on any atom is -0.308 e. The van der Waals surface area contributed by atoms with Crippen LogP contribution in [0.5, 0.6) is 0 Å². The standard InChI is InChI=1S/C17H21N3O/c1-12(2)14-11-15(20-19-14)18-16(21)17(9-6-10-17)13-7-4-3-5-8-13/h3-5,7-8,11-12H,6,9-10H2,1-2H3,(H2,18,19,20,21). The van der Waals surface area contributed by atoms with Crippen molar-refractivity contribution < 1.29 is 4.79 Å². The molecule has 1 fully saturated rings. The maximum atomic E-state index is 12.7. The average molecular weight is 283 g/mol. The van der Waals surface area contributed by atoms with Crippen molar-refractivity contribution in [3.8, 4) is 0 Å². The van der Waals surface area contributed by atoms with E-state index in [1.807, 2.05) is 36.4 Å². The van der Waals surface area contributed by atoms with Crippen LogP contribution in [0.4, 0.5) is 5.82 Å². The van der Waals surface area contributed by atoms with Crippen LogP contribution in [0.1, 0.15) is 50.3 Å². The number of H-pyrrole nitrogens is 1. The Hall–Kier alpha value is -2.10. The van der Waals surface area contributed by atoms with Crippen molar-refractivity contribution in [1.29, 1.82) is 0 Å². The normalized spacial score (nSPS) is 16.5. The zero-order chi connectivity index (χ0) is 14.9. The van der Waals surface area contributed by atoms with Gasteiger partial charge in [-0.05, 0) is 24.3 Å². The van der Waals surface area contributed by atoms with E-state index in [1.165, 1.54) is 0 Å². The van der Waals surface area contributed by atoms with Crippen LogP contribution in [0.25, 0.3) is 0 Å². The van der Waals surface area contributed by atoms with Gasteiger partial charge in [-0.1, -0.05) is 50.6 Å². The van der Waals surface area contributed by atoms with E-state index in [4.69, 9.17) is 0 Å². The molecular formula is C17H21N3O. The number of benzene rings is 1. The number of nitrogens with one attached hydrogen (secondary N) is 2. The molecule has 1 amide bonds. The maximum absolute atomic E-state index is 12.7. The number of anilines is 1. The molecule has 2 aromatic rings. The first kappa shape index (κ1) is 13.9. The van der Waals surface area contributed by atoms with E-state index in [9.17, 15) is 4.79 Å². The monoisotopic (exact) mass is 283 g/mol. The molecule has 1 aromatic heterocycles. The lowest BCUT2D eigenvalue weighted by atomic mass is 9.64. The van der Waals surface area contributed by atoms with Gasteiger partial charge in [0.2, 0.25) is 5.91 Å². The summed E-state index contributed by atoms with van der Waals surface area (Å²) in [6.45, 7) is 4.19. The molecule has 2 N–H and O–H groups in total. The third-order valence-corrected chi connectivity index (χ3v) is 4.43. The van der Waals surface area contributed by atoms with Crippen molar-refractivity contribution in [2.45, 2.75) is 44.4 Å². The molecule has 21 heavy (non-hydrogen) atoms. The molecule has 0 radical (unpaired) electrons. The van der Waals surface area contributed by atoms with E-state index < -0.39 is 0 Å². The molecule has 4 heteroatoms. The lowest BCUT2D eigenvalue weighted by Gasteiger charge is -2.40. The third kappa shape index (κ3) is 2.46. The van der Waals surface area contributed by atoms with Crippen LogP contribution >= 0.6 is 0 Å². The first-order valence-electron chi connectivity index (χ1n) is 7.54. The second-order valence-corrected chi connectivity index (χ2v) is 6.12. The Morgan fingerprint density at radius 1 is 1.29 bits per heavy atom. The summed E-state index contributed by atoms with van der Waals surface area (Å²) in [6.07, 6.45) is 2.91. The van der Waals surface area contributed by atoms with Crippen LogP contribution in [0.2, 0.25) is 0 Å². The van der Waals surface area contributed by atoms with Gasteiger partial charge >= 0.3 is 0 Å². The van der Waals surface area contributed by atoms with Gasteiger partial charge in [0.05, 0.1) is 5.41 Å². The summed E-state index contributed by atoms with van der Waals surface area (Å²) in [4.78, 5) is 12.7. The van der Waals surface area contributed by atoms with Crippen molar-refractivity contribution in [3.63, 3.8) is 0 Å². The number of rotatable bonds is 4. The Bertz CT molecular complexity index is 626. The molecule has 0 unspecified atom stereocenters. The average Bonchev–Trinajstić information content (AvgIpc) is 2.87. The Balaban J connectivity index is 1.80. The largest absolute Gasteiger partial charge is 0.308 e. The van der Waals surface area contributed by atoms with Gasteiger partial charge in [0.15, 0.2) is 5.82 Å². The number of amides is 1. The van der Waals surface area contributed by atoms with Gasteiger partial charge in [0.25, 0.3) is 0 Å². The van der Waals surface area contributed by atoms with Crippen molar-refractivity contribution in [2.24, 2.45) is 0 Å². The minimum atomic E-state index is -0.377. The first-order chi connectivity index (χ1) is 10.1. The van der Waals surface area contributed by atoms with Gasteiger partial charge in [0.1, 0.15) is 0 Å². The van der Waals surface area contributed by atoms with Crippen LogP contribution in [0.3, 0.4) is 0 Å². The Morgan fingerprint density at radius 3 is 2.52 bits per heavy atom. The van der Waals surface area contributed by atoms with E-state index >= 15 is 0 Å². The highest BCUT2D eigenvalue weighted by molar-refractivity contribution is 5.99. The molecule has 0 bridgehead atoms. The van der Waals surface area contributed by atoms with Crippen LogP contribution in [-0.2, 0) is 10.2 Å². The number of hydrogen-bond acceptors (Lipinski definition) is 2. The predicted molar refractivity (Wildman–Crippen MR) is 83.3 cm³/mol. The fourth-order valence-electron chi connectivity index (χ4n) is 2.87. The topological polar surface area (TPSA) is 57.8 Å². The molecule has 4 nitrogen and oxygen atoms in total. The van der Waals surface area contributed by atoms with Gasteiger partial charge in [0, 0.05) is 11.8 Å². The highest BCUT2D eigenvalue weighted by Gasteiger charge is 2.45. The zero-order valence-corrected chi connectivity index (χ0v) is 12.5. The Labute approximate surface area is 125 Å². The number of aromatic nitrogens is 2. The molecule has 3 rings (SSSR count). The fourth-order valence-corrected chi connectivity index (χ4v) is 2.87.